The van der Waals surface area contributed by atoms with Crippen LogP contribution in [0.1, 0.15) is 0 Å². The van der Waals surface area contributed by atoms with Gasteiger partial charge in [0.1, 0.15) is 24.4 Å². The predicted octanol–water partition coefficient (Wildman–Crippen LogP) is -4.45. The Hall–Kier alpha value is -0.770. The number of aliphatic hydroxyl groups excluding tert-OH is 5. The van der Waals surface area contributed by atoms with E-state index in [1.54, 1.807) is 0 Å². The fourth-order valence-corrected chi connectivity index (χ4v) is 0.662. The zero-order chi connectivity index (χ0) is 10.6. The molecule has 0 aliphatic carbocycles. The summed E-state index contributed by atoms with van der Waals surface area (Å²) in [5.41, 5.74) is 0. The van der Waals surface area contributed by atoms with Gasteiger partial charge in [-0.2, -0.15) is 0 Å². The summed E-state index contributed by atoms with van der Waals surface area (Å²) in [5, 5.41) is 53.4. The van der Waals surface area contributed by atoms with Gasteiger partial charge in [0, 0.05) is 0 Å². The van der Waals surface area contributed by atoms with E-state index in [0.717, 1.165) is 0 Å². The third kappa shape index (κ3) is 3.96. The van der Waals surface area contributed by atoms with E-state index in [-0.39, 0.29) is 6.15 Å². The number of carboxylic acid groups (broad SMARTS) is 1. The first-order chi connectivity index (χ1) is 5.91. The Morgan fingerprint density at radius 3 is 1.86 bits per heavy atom. The number of carbonyl (C=O) groups is 1. The normalized spacial score (nSPS) is 18.9. The Kier molecular flexibility index (Phi) is 7.45. The van der Waals surface area contributed by atoms with Crippen molar-refractivity contribution in [2.24, 2.45) is 0 Å². The first kappa shape index (κ1) is 15.7. The van der Waals surface area contributed by atoms with Crippen LogP contribution in [-0.4, -0.2) is 62.5 Å². The van der Waals surface area contributed by atoms with Crippen molar-refractivity contribution >= 4 is 5.97 Å². The number of hydrogen-bond donors (Lipinski definition) is 6. The average molecular weight is 213 g/mol. The summed E-state index contributed by atoms with van der Waals surface area (Å²) in [5.74, 6) is -1.98. The van der Waals surface area contributed by atoms with Crippen LogP contribution in [-0.2, 0) is 4.79 Å². The minimum absolute atomic E-state index is 0. The minimum atomic E-state index is -2.31. The zero-order valence-corrected chi connectivity index (χ0v) is 7.57. The van der Waals surface area contributed by atoms with E-state index in [2.05, 4.69) is 0 Å². The lowest BCUT2D eigenvalue weighted by Crippen LogP contribution is -2.52. The molecule has 0 heterocycles. The van der Waals surface area contributed by atoms with Crippen LogP contribution in [0.5, 0.6) is 0 Å². The molecule has 0 spiro atoms. The Labute approximate surface area is 79.6 Å². The molecule has 0 fully saturated rings. The van der Waals surface area contributed by atoms with Gasteiger partial charge >= 0.3 is 0 Å². The maximum atomic E-state index is 9.98. The van der Waals surface area contributed by atoms with E-state index < -0.39 is 37.0 Å². The van der Waals surface area contributed by atoms with Crippen molar-refractivity contribution in [1.29, 1.82) is 0 Å². The number of aliphatic hydroxyl groups is 5. The summed E-state index contributed by atoms with van der Waals surface area (Å²) in [7, 11) is 0. The molecule has 86 valence electrons. The molecule has 0 bridgehead atoms. The van der Waals surface area contributed by atoms with E-state index >= 15 is 0 Å². The number of carboxylic acids is 1. The lowest BCUT2D eigenvalue weighted by atomic mass is 10.0. The van der Waals surface area contributed by atoms with Gasteiger partial charge in [0.15, 0.2) is 0 Å². The van der Waals surface area contributed by atoms with E-state index in [1.165, 1.54) is 0 Å². The highest BCUT2D eigenvalue weighted by Gasteiger charge is 2.30. The molecular weight excluding hydrogens is 198 g/mol. The van der Waals surface area contributed by atoms with Gasteiger partial charge in [-0.15, -0.1) is 0 Å². The minimum Gasteiger partial charge on any atom is -0.547 e. The van der Waals surface area contributed by atoms with Gasteiger partial charge in [-0.3, -0.25) is 0 Å². The number of carbonyl (C=O) groups excluding carboxylic acids is 1. The summed E-state index contributed by atoms with van der Waals surface area (Å²) in [4.78, 5) is 9.98. The van der Waals surface area contributed by atoms with Crippen molar-refractivity contribution in [2.75, 3.05) is 6.61 Å². The van der Waals surface area contributed by atoms with Gasteiger partial charge in [-0.05, 0) is 0 Å². The van der Waals surface area contributed by atoms with Gasteiger partial charge in [-0.25, -0.2) is 0 Å². The first-order valence-corrected chi connectivity index (χ1v) is 3.45. The van der Waals surface area contributed by atoms with Crippen molar-refractivity contribution in [3.63, 3.8) is 0 Å². The van der Waals surface area contributed by atoms with Crippen molar-refractivity contribution in [1.82, 2.24) is 6.15 Å². The Morgan fingerprint density at radius 1 is 1.14 bits per heavy atom. The molecular formula is C6H15NO7. The van der Waals surface area contributed by atoms with E-state index in [1.807, 2.05) is 0 Å². The number of hydrogen-bond acceptors (Lipinski definition) is 7. The number of quaternary nitrogens is 1. The fraction of sp³-hybridized carbons (Fsp3) is 0.833. The molecule has 0 unspecified atom stereocenters. The van der Waals surface area contributed by atoms with Crippen LogP contribution in [0.3, 0.4) is 0 Å². The van der Waals surface area contributed by atoms with Gasteiger partial charge < -0.3 is 41.6 Å². The van der Waals surface area contributed by atoms with Gasteiger partial charge in [0.2, 0.25) is 0 Å². The van der Waals surface area contributed by atoms with Crippen LogP contribution >= 0.6 is 0 Å². The summed E-state index contributed by atoms with van der Waals surface area (Å²) in [6.45, 7) is -0.863. The smallest absolute Gasteiger partial charge is 0.122 e. The Bertz CT molecular complexity index is 176. The SMILES string of the molecule is O=C([O-])[C@H](O)[C@H](O)[C@H](O)[C@@H](O)CO.[NH4+]. The highest BCUT2D eigenvalue weighted by atomic mass is 16.4. The molecule has 0 saturated heterocycles. The van der Waals surface area contributed by atoms with Gasteiger partial charge in [0.05, 0.1) is 12.6 Å². The highest BCUT2D eigenvalue weighted by Crippen LogP contribution is 2.04. The molecule has 0 aromatic carbocycles. The molecule has 0 aromatic rings. The topological polar surface area (TPSA) is 178 Å². The monoisotopic (exact) mass is 213 g/mol. The Morgan fingerprint density at radius 2 is 1.57 bits per heavy atom. The quantitative estimate of drug-likeness (QED) is 0.266. The van der Waals surface area contributed by atoms with Gasteiger partial charge in [0.25, 0.3) is 0 Å². The Balaban J connectivity index is 0. The van der Waals surface area contributed by atoms with E-state index in [9.17, 15) is 9.90 Å². The van der Waals surface area contributed by atoms with Gasteiger partial charge in [-0.1, -0.05) is 0 Å². The number of rotatable bonds is 5. The fourth-order valence-electron chi connectivity index (χ4n) is 0.662. The summed E-state index contributed by atoms with van der Waals surface area (Å²) < 4.78 is 0. The predicted molar refractivity (Wildman–Crippen MR) is 42.1 cm³/mol. The second-order valence-electron chi connectivity index (χ2n) is 2.49. The molecule has 0 amide bonds. The molecule has 8 heteroatoms. The molecule has 4 atom stereocenters. The molecule has 0 aromatic heterocycles. The summed E-state index contributed by atoms with van der Waals surface area (Å²) >= 11 is 0. The van der Waals surface area contributed by atoms with Crippen molar-refractivity contribution in [3.05, 3.63) is 0 Å². The average Bonchev–Trinajstić information content (AvgIpc) is 2.12. The van der Waals surface area contributed by atoms with Crippen LogP contribution in [0.25, 0.3) is 0 Å². The van der Waals surface area contributed by atoms with Crippen molar-refractivity contribution < 1.29 is 35.4 Å². The summed E-state index contributed by atoms with van der Waals surface area (Å²) in [6, 6.07) is 0. The maximum absolute atomic E-state index is 9.98. The standard InChI is InChI=1S/C6H12O7.H3N/c7-1-2(8)3(9)4(10)5(11)6(12)13;/h2-5,7-11H,1H2,(H,12,13);1H3/t2-,3+,4+,5+;/m0./s1. The van der Waals surface area contributed by atoms with Crippen LogP contribution in [0.2, 0.25) is 0 Å². The lowest BCUT2D eigenvalue weighted by Gasteiger charge is -2.25. The molecule has 14 heavy (non-hydrogen) atoms. The second-order valence-corrected chi connectivity index (χ2v) is 2.49. The third-order valence-electron chi connectivity index (χ3n) is 1.50. The molecule has 0 rings (SSSR count). The third-order valence-corrected chi connectivity index (χ3v) is 1.50. The van der Waals surface area contributed by atoms with Crippen molar-refractivity contribution in [2.45, 2.75) is 24.4 Å². The van der Waals surface area contributed by atoms with Crippen LogP contribution in [0.15, 0.2) is 0 Å². The molecule has 8 nitrogen and oxygen atoms in total. The molecule has 0 saturated carbocycles. The largest absolute Gasteiger partial charge is 0.547 e. The molecule has 9 N–H and O–H groups in total. The zero-order valence-electron chi connectivity index (χ0n) is 7.57. The summed E-state index contributed by atoms with van der Waals surface area (Å²) in [6.07, 6.45) is -8.08. The second kappa shape index (κ2) is 6.65. The molecule has 0 aliphatic rings. The molecule has 0 aliphatic heterocycles. The van der Waals surface area contributed by atoms with Crippen LogP contribution < -0.4 is 11.3 Å². The van der Waals surface area contributed by atoms with Crippen LogP contribution in [0.4, 0.5) is 0 Å². The lowest BCUT2D eigenvalue weighted by molar-refractivity contribution is -0.320. The number of aliphatic carboxylic acids is 1. The first-order valence-electron chi connectivity index (χ1n) is 3.45. The molecule has 0 radical (unpaired) electrons. The maximum Gasteiger partial charge on any atom is 0.122 e. The van der Waals surface area contributed by atoms with E-state index in [4.69, 9.17) is 25.5 Å². The van der Waals surface area contributed by atoms with Crippen LogP contribution in [0, 0.1) is 0 Å². The highest BCUT2D eigenvalue weighted by molar-refractivity contribution is 5.70. The van der Waals surface area contributed by atoms with Crippen molar-refractivity contribution in [3.8, 4) is 0 Å². The van der Waals surface area contributed by atoms with E-state index in [0.29, 0.717) is 0 Å².